The van der Waals surface area contributed by atoms with E-state index in [-0.39, 0.29) is 0 Å². The van der Waals surface area contributed by atoms with Crippen molar-refractivity contribution in [2.45, 2.75) is 13.5 Å². The number of nitrogens with one attached hydrogen (secondary N) is 2. The molecule has 1 heterocycles. The summed E-state index contributed by atoms with van der Waals surface area (Å²) in [6.07, 6.45) is 1.15. The number of benzene rings is 1. The van der Waals surface area contributed by atoms with Crippen LogP contribution in [0.3, 0.4) is 0 Å². The molecule has 0 saturated heterocycles. The van der Waals surface area contributed by atoms with Crippen LogP contribution in [0.15, 0.2) is 36.4 Å². The molecule has 4 nitrogen and oxygen atoms in total. The minimum absolute atomic E-state index is 0.568. The van der Waals surface area contributed by atoms with Crippen molar-refractivity contribution < 1.29 is 8.42 Å². The quantitative estimate of drug-likeness (QED) is 0.891. The van der Waals surface area contributed by atoms with Crippen LogP contribution in [-0.4, -0.2) is 14.7 Å². The van der Waals surface area contributed by atoms with Gasteiger partial charge in [-0.3, -0.25) is 4.72 Å². The number of aryl methyl sites for hydroxylation is 1. The van der Waals surface area contributed by atoms with Gasteiger partial charge < -0.3 is 5.32 Å². The van der Waals surface area contributed by atoms with Gasteiger partial charge in [-0.2, -0.15) is 0 Å². The molecule has 0 fully saturated rings. The van der Waals surface area contributed by atoms with Gasteiger partial charge in [-0.05, 0) is 31.2 Å². The minimum Gasteiger partial charge on any atom is -0.378 e. The molecule has 102 valence electrons. The molecule has 19 heavy (non-hydrogen) atoms. The lowest BCUT2D eigenvalue weighted by atomic mass is 10.2. The second-order valence-electron chi connectivity index (χ2n) is 4.29. The first kappa shape index (κ1) is 13.9. The molecule has 0 aliphatic carbocycles. The summed E-state index contributed by atoms with van der Waals surface area (Å²) in [6.45, 7) is 2.74. The van der Waals surface area contributed by atoms with Gasteiger partial charge in [0.05, 0.1) is 17.6 Å². The van der Waals surface area contributed by atoms with Gasteiger partial charge in [0, 0.05) is 16.3 Å². The molecular formula is C13H16N2O2S2. The van der Waals surface area contributed by atoms with Crippen LogP contribution in [0.2, 0.25) is 0 Å². The van der Waals surface area contributed by atoms with Crippen molar-refractivity contribution in [1.29, 1.82) is 0 Å². The number of hydrogen-bond donors (Lipinski definition) is 2. The lowest BCUT2D eigenvalue weighted by Gasteiger charge is -2.12. The van der Waals surface area contributed by atoms with E-state index in [2.05, 4.69) is 29.1 Å². The molecule has 0 saturated carbocycles. The predicted molar refractivity (Wildman–Crippen MR) is 81.3 cm³/mol. The SMILES string of the molecule is Cc1ccc(CNc2ccccc2NS(C)(=O)=O)s1. The molecule has 2 N–H and O–H groups in total. The number of sulfonamides is 1. The van der Waals surface area contributed by atoms with Gasteiger partial charge in [0.15, 0.2) is 0 Å². The second-order valence-corrected chi connectivity index (χ2v) is 7.41. The van der Waals surface area contributed by atoms with Crippen molar-refractivity contribution in [3.63, 3.8) is 0 Å². The molecule has 0 aliphatic rings. The Morgan fingerprint density at radius 2 is 1.79 bits per heavy atom. The summed E-state index contributed by atoms with van der Waals surface area (Å²) < 4.78 is 25.1. The van der Waals surface area contributed by atoms with Gasteiger partial charge in [0.1, 0.15) is 0 Å². The van der Waals surface area contributed by atoms with E-state index >= 15 is 0 Å². The molecule has 0 aliphatic heterocycles. The van der Waals surface area contributed by atoms with Gasteiger partial charge in [-0.25, -0.2) is 8.42 Å². The van der Waals surface area contributed by atoms with Crippen LogP contribution in [-0.2, 0) is 16.6 Å². The summed E-state index contributed by atoms with van der Waals surface area (Å²) in [6, 6.07) is 11.4. The van der Waals surface area contributed by atoms with Crippen LogP contribution in [0.5, 0.6) is 0 Å². The lowest BCUT2D eigenvalue weighted by molar-refractivity contribution is 0.607. The predicted octanol–water partition coefficient (Wildman–Crippen LogP) is 3.04. The van der Waals surface area contributed by atoms with Gasteiger partial charge in [-0.1, -0.05) is 12.1 Å². The minimum atomic E-state index is -3.27. The molecule has 0 spiro atoms. The topological polar surface area (TPSA) is 58.2 Å². The molecule has 1 aromatic heterocycles. The van der Waals surface area contributed by atoms with Crippen LogP contribution in [0.4, 0.5) is 11.4 Å². The molecule has 0 radical (unpaired) electrons. The summed E-state index contributed by atoms with van der Waals surface area (Å²) in [5, 5.41) is 3.25. The maximum atomic E-state index is 11.3. The van der Waals surface area contributed by atoms with Crippen LogP contribution in [0.1, 0.15) is 9.75 Å². The zero-order valence-electron chi connectivity index (χ0n) is 10.8. The molecule has 0 amide bonds. The van der Waals surface area contributed by atoms with Crippen LogP contribution < -0.4 is 10.0 Å². The Balaban J connectivity index is 2.11. The van der Waals surface area contributed by atoms with E-state index in [1.165, 1.54) is 9.75 Å². The standard InChI is InChI=1S/C13H16N2O2S2/c1-10-7-8-11(18-10)9-14-12-5-3-4-6-13(12)15-19(2,16)17/h3-8,14-15H,9H2,1-2H3. The summed E-state index contributed by atoms with van der Waals surface area (Å²) in [5.74, 6) is 0. The number of para-hydroxylation sites is 2. The lowest BCUT2D eigenvalue weighted by Crippen LogP contribution is -2.11. The van der Waals surface area contributed by atoms with Gasteiger partial charge in [-0.15, -0.1) is 11.3 Å². The number of thiophene rings is 1. The van der Waals surface area contributed by atoms with Gasteiger partial charge in [0.25, 0.3) is 0 Å². The average Bonchev–Trinajstić information content (AvgIpc) is 2.72. The highest BCUT2D eigenvalue weighted by atomic mass is 32.2. The summed E-state index contributed by atoms with van der Waals surface area (Å²) >= 11 is 1.72. The molecule has 2 aromatic rings. The molecule has 0 atom stereocenters. The maximum Gasteiger partial charge on any atom is 0.229 e. The Bertz CT molecular complexity index is 663. The number of rotatable bonds is 5. The third kappa shape index (κ3) is 4.25. The van der Waals surface area contributed by atoms with Crippen molar-refractivity contribution in [3.8, 4) is 0 Å². The first-order valence-corrected chi connectivity index (χ1v) is 8.51. The first-order valence-electron chi connectivity index (χ1n) is 5.80. The smallest absolute Gasteiger partial charge is 0.229 e. The Kier molecular flexibility index (Phi) is 4.11. The highest BCUT2D eigenvalue weighted by Gasteiger charge is 2.06. The number of anilines is 2. The van der Waals surface area contributed by atoms with E-state index in [1.807, 2.05) is 12.1 Å². The Morgan fingerprint density at radius 3 is 2.37 bits per heavy atom. The van der Waals surface area contributed by atoms with E-state index in [4.69, 9.17) is 0 Å². The van der Waals surface area contributed by atoms with E-state index in [9.17, 15) is 8.42 Å². The van der Waals surface area contributed by atoms with Crippen molar-refractivity contribution in [2.24, 2.45) is 0 Å². The summed E-state index contributed by atoms with van der Waals surface area (Å²) in [5.41, 5.74) is 1.34. The van der Waals surface area contributed by atoms with Crippen molar-refractivity contribution >= 4 is 32.7 Å². The van der Waals surface area contributed by atoms with Gasteiger partial charge in [0.2, 0.25) is 10.0 Å². The zero-order chi connectivity index (χ0) is 13.9. The Labute approximate surface area is 117 Å². The van der Waals surface area contributed by atoms with E-state index in [0.29, 0.717) is 12.2 Å². The first-order chi connectivity index (χ1) is 8.94. The third-order valence-corrected chi connectivity index (χ3v) is 4.06. The van der Waals surface area contributed by atoms with E-state index in [1.54, 1.807) is 23.5 Å². The number of hydrogen-bond acceptors (Lipinski definition) is 4. The molecule has 1 aromatic carbocycles. The Morgan fingerprint density at radius 1 is 1.11 bits per heavy atom. The molecule has 0 unspecified atom stereocenters. The third-order valence-electron chi connectivity index (χ3n) is 2.47. The molecule has 0 bridgehead atoms. The normalized spacial score (nSPS) is 11.3. The zero-order valence-corrected chi connectivity index (χ0v) is 12.4. The highest BCUT2D eigenvalue weighted by molar-refractivity contribution is 7.92. The average molecular weight is 296 g/mol. The van der Waals surface area contributed by atoms with E-state index < -0.39 is 10.0 Å². The monoisotopic (exact) mass is 296 g/mol. The fraction of sp³-hybridized carbons (Fsp3) is 0.231. The Hall–Kier alpha value is -1.53. The van der Waals surface area contributed by atoms with Crippen LogP contribution in [0, 0.1) is 6.92 Å². The van der Waals surface area contributed by atoms with Crippen molar-refractivity contribution in [1.82, 2.24) is 0 Å². The molecule has 6 heteroatoms. The van der Waals surface area contributed by atoms with E-state index in [0.717, 1.165) is 11.9 Å². The fourth-order valence-corrected chi connectivity index (χ4v) is 3.10. The second kappa shape index (κ2) is 5.63. The maximum absolute atomic E-state index is 11.3. The summed E-state index contributed by atoms with van der Waals surface area (Å²) in [4.78, 5) is 2.48. The van der Waals surface area contributed by atoms with Crippen molar-refractivity contribution in [3.05, 3.63) is 46.2 Å². The largest absolute Gasteiger partial charge is 0.378 e. The van der Waals surface area contributed by atoms with Crippen LogP contribution >= 0.6 is 11.3 Å². The van der Waals surface area contributed by atoms with Crippen LogP contribution in [0.25, 0.3) is 0 Å². The molecule has 2 rings (SSSR count). The van der Waals surface area contributed by atoms with Crippen molar-refractivity contribution in [2.75, 3.05) is 16.3 Å². The highest BCUT2D eigenvalue weighted by Crippen LogP contribution is 2.24. The molecular weight excluding hydrogens is 280 g/mol. The van der Waals surface area contributed by atoms with Gasteiger partial charge >= 0.3 is 0 Å². The summed E-state index contributed by atoms with van der Waals surface area (Å²) in [7, 11) is -3.27. The fourth-order valence-electron chi connectivity index (χ4n) is 1.69.